The van der Waals surface area contributed by atoms with Gasteiger partial charge in [-0.3, -0.25) is 24.5 Å². The van der Waals surface area contributed by atoms with Gasteiger partial charge in [0.2, 0.25) is 11.8 Å². The standard InChI is InChI=1S/C17H18N4O6/c1-8-18-15-10(16(25)19-11-3-4-13(22)20-17(11)26)5-9(27-2)6-12(15)21(8)7-14(23)24/h5-6,11H,3-4,7H2,1-2H3,(H,19,25)(H,23,24)(H,20,22,26). The van der Waals surface area contributed by atoms with Gasteiger partial charge in [0, 0.05) is 12.5 Å². The summed E-state index contributed by atoms with van der Waals surface area (Å²) < 4.78 is 6.68. The number of imidazole rings is 1. The predicted octanol–water partition coefficient (Wildman–Crippen LogP) is -0.0271. The maximum absolute atomic E-state index is 12.8. The molecule has 1 aromatic heterocycles. The van der Waals surface area contributed by atoms with E-state index in [0.717, 1.165) is 0 Å². The van der Waals surface area contributed by atoms with Crippen LogP contribution >= 0.6 is 0 Å². The Morgan fingerprint density at radius 1 is 1.41 bits per heavy atom. The van der Waals surface area contributed by atoms with Crippen LogP contribution in [0.3, 0.4) is 0 Å². The van der Waals surface area contributed by atoms with Crippen molar-refractivity contribution in [2.75, 3.05) is 7.11 Å². The van der Waals surface area contributed by atoms with E-state index in [2.05, 4.69) is 15.6 Å². The van der Waals surface area contributed by atoms with Crippen molar-refractivity contribution in [1.29, 1.82) is 0 Å². The number of methoxy groups -OCH3 is 1. The predicted molar refractivity (Wildman–Crippen MR) is 92.3 cm³/mol. The average molecular weight is 374 g/mol. The number of piperidine rings is 1. The number of imide groups is 1. The minimum atomic E-state index is -1.05. The smallest absolute Gasteiger partial charge is 0.323 e. The highest BCUT2D eigenvalue weighted by molar-refractivity contribution is 6.08. The van der Waals surface area contributed by atoms with Gasteiger partial charge in [-0.1, -0.05) is 0 Å². The van der Waals surface area contributed by atoms with Crippen molar-refractivity contribution in [2.24, 2.45) is 0 Å². The fourth-order valence-corrected chi connectivity index (χ4v) is 3.01. The largest absolute Gasteiger partial charge is 0.497 e. The van der Waals surface area contributed by atoms with Gasteiger partial charge >= 0.3 is 5.97 Å². The van der Waals surface area contributed by atoms with Crippen LogP contribution in [0.25, 0.3) is 11.0 Å². The molecule has 1 saturated heterocycles. The van der Waals surface area contributed by atoms with Crippen molar-refractivity contribution in [3.05, 3.63) is 23.5 Å². The molecule has 1 fully saturated rings. The van der Waals surface area contributed by atoms with Gasteiger partial charge in [0.15, 0.2) is 0 Å². The molecule has 1 aliphatic rings. The number of nitrogens with zero attached hydrogens (tertiary/aromatic N) is 2. The zero-order chi connectivity index (χ0) is 19.7. The summed E-state index contributed by atoms with van der Waals surface area (Å²) in [5.74, 6) is -1.77. The van der Waals surface area contributed by atoms with E-state index in [4.69, 9.17) is 9.84 Å². The van der Waals surface area contributed by atoms with Gasteiger partial charge in [-0.2, -0.15) is 0 Å². The van der Waals surface area contributed by atoms with E-state index in [0.29, 0.717) is 22.6 Å². The van der Waals surface area contributed by atoms with E-state index in [1.54, 1.807) is 13.0 Å². The third-order valence-corrected chi connectivity index (χ3v) is 4.34. The number of hydrogen-bond acceptors (Lipinski definition) is 6. The van der Waals surface area contributed by atoms with Crippen LogP contribution in [-0.4, -0.2) is 51.5 Å². The summed E-state index contributed by atoms with van der Waals surface area (Å²) in [6.07, 6.45) is 0.340. The number of amides is 3. The molecule has 2 heterocycles. The summed E-state index contributed by atoms with van der Waals surface area (Å²) in [6.45, 7) is 1.32. The molecule has 142 valence electrons. The summed E-state index contributed by atoms with van der Waals surface area (Å²) in [5.41, 5.74) is 0.892. The number of nitrogens with one attached hydrogen (secondary N) is 2. The van der Waals surface area contributed by atoms with Crippen LogP contribution in [0.15, 0.2) is 12.1 Å². The van der Waals surface area contributed by atoms with Crippen LogP contribution in [-0.2, 0) is 20.9 Å². The molecule has 3 rings (SSSR count). The Labute approximate surface area is 153 Å². The SMILES string of the molecule is COc1cc(C(=O)NC2CCC(=O)NC2=O)c2nc(C)n(CC(=O)O)c2c1. The highest BCUT2D eigenvalue weighted by Crippen LogP contribution is 2.26. The number of carbonyl (C=O) groups is 4. The molecule has 1 atom stereocenters. The van der Waals surface area contributed by atoms with E-state index >= 15 is 0 Å². The lowest BCUT2D eigenvalue weighted by Gasteiger charge is -2.22. The van der Waals surface area contributed by atoms with Crippen LogP contribution < -0.4 is 15.4 Å². The molecule has 3 N–H and O–H groups in total. The first-order valence-electron chi connectivity index (χ1n) is 8.21. The first kappa shape index (κ1) is 18.4. The molecular weight excluding hydrogens is 356 g/mol. The molecule has 0 bridgehead atoms. The molecule has 10 heteroatoms. The zero-order valence-electron chi connectivity index (χ0n) is 14.7. The zero-order valence-corrected chi connectivity index (χ0v) is 14.7. The van der Waals surface area contributed by atoms with Crippen LogP contribution in [0.2, 0.25) is 0 Å². The monoisotopic (exact) mass is 374 g/mol. The molecule has 1 unspecified atom stereocenters. The van der Waals surface area contributed by atoms with Gasteiger partial charge in [-0.05, 0) is 19.4 Å². The molecule has 0 spiro atoms. The van der Waals surface area contributed by atoms with Crippen LogP contribution in [0.4, 0.5) is 0 Å². The van der Waals surface area contributed by atoms with Gasteiger partial charge in [0.25, 0.3) is 5.91 Å². The Morgan fingerprint density at radius 3 is 2.78 bits per heavy atom. The van der Waals surface area contributed by atoms with E-state index in [9.17, 15) is 19.2 Å². The van der Waals surface area contributed by atoms with Gasteiger partial charge in [0.05, 0.1) is 18.2 Å². The second kappa shape index (κ2) is 7.06. The summed E-state index contributed by atoms with van der Waals surface area (Å²) in [6, 6.07) is 2.24. The summed E-state index contributed by atoms with van der Waals surface area (Å²) in [7, 11) is 1.42. The molecule has 0 radical (unpaired) electrons. The number of fused-ring (bicyclic) bond motifs is 1. The Hall–Kier alpha value is -3.43. The van der Waals surface area contributed by atoms with Gasteiger partial charge in [0.1, 0.15) is 29.7 Å². The molecule has 1 aliphatic heterocycles. The highest BCUT2D eigenvalue weighted by atomic mass is 16.5. The minimum Gasteiger partial charge on any atom is -0.497 e. The third kappa shape index (κ3) is 3.59. The maximum atomic E-state index is 12.8. The third-order valence-electron chi connectivity index (χ3n) is 4.34. The number of carbonyl (C=O) groups excluding carboxylic acids is 3. The number of aromatic nitrogens is 2. The van der Waals surface area contributed by atoms with E-state index in [1.807, 2.05) is 0 Å². The Bertz CT molecular complexity index is 964. The fraction of sp³-hybridized carbons (Fsp3) is 0.353. The van der Waals surface area contributed by atoms with E-state index in [-0.39, 0.29) is 30.9 Å². The second-order valence-electron chi connectivity index (χ2n) is 6.16. The molecule has 10 nitrogen and oxygen atoms in total. The van der Waals surface area contributed by atoms with E-state index < -0.39 is 23.8 Å². The quantitative estimate of drug-likeness (QED) is 0.625. The van der Waals surface area contributed by atoms with Gasteiger partial charge in [-0.15, -0.1) is 0 Å². The number of aryl methyl sites for hydroxylation is 1. The average Bonchev–Trinajstić information content (AvgIpc) is 2.91. The molecule has 0 aliphatic carbocycles. The van der Waals surface area contributed by atoms with Gasteiger partial charge in [-0.25, -0.2) is 4.98 Å². The number of carboxylic acids is 1. The summed E-state index contributed by atoms with van der Waals surface area (Å²) in [5, 5.41) is 13.9. The van der Waals surface area contributed by atoms with Crippen molar-refractivity contribution < 1.29 is 29.0 Å². The van der Waals surface area contributed by atoms with Crippen LogP contribution in [0.5, 0.6) is 5.75 Å². The first-order chi connectivity index (χ1) is 12.8. The van der Waals surface area contributed by atoms with Crippen LogP contribution in [0, 0.1) is 6.92 Å². The molecule has 3 amide bonds. The highest BCUT2D eigenvalue weighted by Gasteiger charge is 2.29. The Balaban J connectivity index is 2.00. The summed E-state index contributed by atoms with van der Waals surface area (Å²) >= 11 is 0. The fourth-order valence-electron chi connectivity index (χ4n) is 3.01. The van der Waals surface area contributed by atoms with Crippen molar-refractivity contribution in [2.45, 2.75) is 32.4 Å². The van der Waals surface area contributed by atoms with Crippen molar-refractivity contribution >= 4 is 34.7 Å². The first-order valence-corrected chi connectivity index (χ1v) is 8.21. The molecule has 0 saturated carbocycles. The number of carboxylic acid groups (broad SMARTS) is 1. The summed E-state index contributed by atoms with van der Waals surface area (Å²) in [4.78, 5) is 51.3. The number of hydrogen-bond donors (Lipinski definition) is 3. The minimum absolute atomic E-state index is 0.135. The Morgan fingerprint density at radius 2 is 2.15 bits per heavy atom. The number of aliphatic carboxylic acids is 1. The molecular formula is C17H18N4O6. The lowest BCUT2D eigenvalue weighted by atomic mass is 10.0. The Kier molecular flexibility index (Phi) is 4.80. The van der Waals surface area contributed by atoms with Crippen molar-refractivity contribution in [3.8, 4) is 5.75 Å². The molecule has 27 heavy (non-hydrogen) atoms. The normalized spacial score (nSPS) is 16.9. The van der Waals surface area contributed by atoms with Crippen molar-refractivity contribution in [1.82, 2.24) is 20.2 Å². The van der Waals surface area contributed by atoms with Crippen molar-refractivity contribution in [3.63, 3.8) is 0 Å². The van der Waals surface area contributed by atoms with Crippen LogP contribution in [0.1, 0.15) is 29.0 Å². The number of benzene rings is 1. The lowest BCUT2D eigenvalue weighted by Crippen LogP contribution is -2.52. The topological polar surface area (TPSA) is 140 Å². The second-order valence-corrected chi connectivity index (χ2v) is 6.16. The molecule has 2 aromatic rings. The lowest BCUT2D eigenvalue weighted by molar-refractivity contribution is -0.138. The number of ether oxygens (including phenoxy) is 1. The maximum Gasteiger partial charge on any atom is 0.323 e. The molecule has 1 aromatic carbocycles. The number of rotatable bonds is 5. The van der Waals surface area contributed by atoms with Gasteiger partial charge < -0.3 is 19.7 Å². The van der Waals surface area contributed by atoms with E-state index in [1.165, 1.54) is 17.7 Å².